The average molecular weight is 481 g/mol. The van der Waals surface area contributed by atoms with Gasteiger partial charge in [0.15, 0.2) is 0 Å². The number of benzene rings is 1. The van der Waals surface area contributed by atoms with E-state index in [0.29, 0.717) is 5.56 Å². The van der Waals surface area contributed by atoms with Crippen LogP contribution >= 0.6 is 0 Å². The molecule has 3 unspecified atom stereocenters. The van der Waals surface area contributed by atoms with E-state index in [1.54, 1.807) is 26.0 Å². The molecular formula is C22H32N4O8. The molecule has 0 aromatic heterocycles. The summed E-state index contributed by atoms with van der Waals surface area (Å²) in [6, 6.07) is 2.16. The first-order valence-corrected chi connectivity index (χ1v) is 10.8. The van der Waals surface area contributed by atoms with Crippen LogP contribution in [-0.2, 0) is 30.4 Å². The van der Waals surface area contributed by atoms with Gasteiger partial charge in [0.1, 0.15) is 23.9 Å². The molecule has 8 N–H and O–H groups in total. The fraction of sp³-hybridized carbons (Fsp3) is 0.500. The Morgan fingerprint density at radius 3 is 1.94 bits per heavy atom. The molecule has 3 amide bonds. The van der Waals surface area contributed by atoms with Gasteiger partial charge in [-0.15, -0.1) is 0 Å². The fourth-order valence-corrected chi connectivity index (χ4v) is 3.10. The molecule has 34 heavy (non-hydrogen) atoms. The minimum absolute atomic E-state index is 0.00375. The Morgan fingerprint density at radius 1 is 0.882 bits per heavy atom. The van der Waals surface area contributed by atoms with E-state index >= 15 is 0 Å². The van der Waals surface area contributed by atoms with Gasteiger partial charge in [-0.05, 0) is 36.5 Å². The lowest BCUT2D eigenvalue weighted by molar-refractivity contribution is -0.143. The fourth-order valence-electron chi connectivity index (χ4n) is 3.10. The van der Waals surface area contributed by atoms with Gasteiger partial charge in [0, 0.05) is 12.8 Å². The third-order valence-corrected chi connectivity index (χ3v) is 4.81. The number of hydrogen-bond acceptors (Lipinski definition) is 7. The van der Waals surface area contributed by atoms with Crippen molar-refractivity contribution in [2.45, 2.75) is 57.7 Å². The van der Waals surface area contributed by atoms with Crippen molar-refractivity contribution in [1.29, 1.82) is 0 Å². The summed E-state index contributed by atoms with van der Waals surface area (Å²) >= 11 is 0. The minimum atomic E-state index is -1.35. The SMILES string of the molecule is CC(C)CC(NC(=O)C(CCC(=O)O)NC(=O)C(Cc1ccc(O)cc1)NC(=O)CN)C(=O)O. The van der Waals surface area contributed by atoms with Gasteiger partial charge in [-0.1, -0.05) is 26.0 Å². The van der Waals surface area contributed by atoms with E-state index in [9.17, 15) is 34.2 Å². The Morgan fingerprint density at radius 2 is 1.44 bits per heavy atom. The van der Waals surface area contributed by atoms with Gasteiger partial charge in [-0.25, -0.2) is 4.79 Å². The van der Waals surface area contributed by atoms with Crippen LogP contribution in [0.4, 0.5) is 0 Å². The van der Waals surface area contributed by atoms with Gasteiger partial charge in [0.2, 0.25) is 17.7 Å². The van der Waals surface area contributed by atoms with Crippen molar-refractivity contribution < 1.29 is 39.3 Å². The van der Waals surface area contributed by atoms with Crippen LogP contribution in [0.15, 0.2) is 24.3 Å². The van der Waals surface area contributed by atoms with Gasteiger partial charge in [0.05, 0.1) is 6.54 Å². The largest absolute Gasteiger partial charge is 0.508 e. The van der Waals surface area contributed by atoms with Crippen molar-refractivity contribution in [2.24, 2.45) is 11.7 Å². The number of nitrogens with two attached hydrogens (primary N) is 1. The summed E-state index contributed by atoms with van der Waals surface area (Å²) in [5, 5.41) is 35.0. The maximum Gasteiger partial charge on any atom is 0.326 e. The molecule has 0 radical (unpaired) electrons. The molecule has 1 aromatic carbocycles. The van der Waals surface area contributed by atoms with Crippen molar-refractivity contribution >= 4 is 29.7 Å². The van der Waals surface area contributed by atoms with Gasteiger partial charge < -0.3 is 37.0 Å². The summed E-state index contributed by atoms with van der Waals surface area (Å²) in [6.07, 6.45) is -0.622. The van der Waals surface area contributed by atoms with E-state index in [2.05, 4.69) is 16.0 Å². The van der Waals surface area contributed by atoms with Crippen molar-refractivity contribution in [3.05, 3.63) is 29.8 Å². The summed E-state index contributed by atoms with van der Waals surface area (Å²) in [6.45, 7) is 3.16. The van der Waals surface area contributed by atoms with Crippen molar-refractivity contribution in [3.63, 3.8) is 0 Å². The van der Waals surface area contributed by atoms with Gasteiger partial charge in [0.25, 0.3) is 0 Å². The van der Waals surface area contributed by atoms with Crippen LogP contribution < -0.4 is 21.7 Å². The molecule has 0 aliphatic rings. The van der Waals surface area contributed by atoms with Crippen LogP contribution in [0.1, 0.15) is 38.7 Å². The molecule has 0 aliphatic carbocycles. The molecular weight excluding hydrogens is 448 g/mol. The number of rotatable bonds is 14. The molecule has 188 valence electrons. The molecule has 0 bridgehead atoms. The number of aliphatic carboxylic acids is 2. The number of carboxylic acid groups (broad SMARTS) is 2. The predicted octanol–water partition coefficient (Wildman–Crippen LogP) is -0.657. The maximum absolute atomic E-state index is 13.0. The molecule has 1 aromatic rings. The second-order valence-corrected chi connectivity index (χ2v) is 8.22. The third kappa shape index (κ3) is 10.3. The van der Waals surface area contributed by atoms with Crippen LogP contribution in [0.25, 0.3) is 0 Å². The zero-order chi connectivity index (χ0) is 25.8. The van der Waals surface area contributed by atoms with E-state index in [-0.39, 0.29) is 30.9 Å². The second-order valence-electron chi connectivity index (χ2n) is 8.22. The van der Waals surface area contributed by atoms with E-state index in [4.69, 9.17) is 10.8 Å². The van der Waals surface area contributed by atoms with Gasteiger partial charge in [-0.3, -0.25) is 19.2 Å². The minimum Gasteiger partial charge on any atom is -0.508 e. The molecule has 12 nitrogen and oxygen atoms in total. The highest BCUT2D eigenvalue weighted by molar-refractivity contribution is 5.94. The highest BCUT2D eigenvalue weighted by Crippen LogP contribution is 2.12. The Bertz CT molecular complexity index is 872. The molecule has 3 atom stereocenters. The number of aromatic hydroxyl groups is 1. The normalized spacial score (nSPS) is 13.4. The number of nitrogens with one attached hydrogen (secondary N) is 3. The van der Waals surface area contributed by atoms with Crippen LogP contribution in [0.2, 0.25) is 0 Å². The summed E-state index contributed by atoms with van der Waals surface area (Å²) in [5.74, 6) is -4.77. The number of phenols is 1. The van der Waals surface area contributed by atoms with E-state index in [1.807, 2.05) is 0 Å². The molecule has 0 saturated carbocycles. The van der Waals surface area contributed by atoms with E-state index in [1.165, 1.54) is 12.1 Å². The summed E-state index contributed by atoms with van der Waals surface area (Å²) in [5.41, 5.74) is 5.91. The number of carbonyl (C=O) groups excluding carboxylic acids is 3. The van der Waals surface area contributed by atoms with Crippen LogP contribution in [0, 0.1) is 5.92 Å². The summed E-state index contributed by atoms with van der Waals surface area (Å²) < 4.78 is 0. The maximum atomic E-state index is 13.0. The monoisotopic (exact) mass is 480 g/mol. The average Bonchev–Trinajstić information content (AvgIpc) is 2.76. The molecule has 0 spiro atoms. The van der Waals surface area contributed by atoms with Crippen molar-refractivity contribution in [2.75, 3.05) is 6.54 Å². The molecule has 0 aliphatic heterocycles. The third-order valence-electron chi connectivity index (χ3n) is 4.81. The topological polar surface area (TPSA) is 208 Å². The lowest BCUT2D eigenvalue weighted by Gasteiger charge is -2.25. The first-order valence-electron chi connectivity index (χ1n) is 10.8. The first kappa shape index (κ1) is 28.4. The second kappa shape index (κ2) is 13.8. The smallest absolute Gasteiger partial charge is 0.326 e. The highest BCUT2D eigenvalue weighted by atomic mass is 16.4. The van der Waals surface area contributed by atoms with Crippen LogP contribution in [-0.4, -0.2) is 69.7 Å². The number of carbonyl (C=O) groups is 5. The highest BCUT2D eigenvalue weighted by Gasteiger charge is 2.30. The molecule has 0 heterocycles. The zero-order valence-corrected chi connectivity index (χ0v) is 19.1. The zero-order valence-electron chi connectivity index (χ0n) is 19.1. The standard InChI is InChI=1S/C22H32N4O8/c1-12(2)9-17(22(33)34)26-20(31)15(7-8-19(29)30)25-21(32)16(24-18(28)11-23)10-13-3-5-14(27)6-4-13/h3-6,12,15-17,27H,7-11,23H2,1-2H3,(H,24,28)(H,25,32)(H,26,31)(H,29,30)(H,33,34). The quantitative estimate of drug-likeness (QED) is 0.180. The lowest BCUT2D eigenvalue weighted by Crippen LogP contribution is -2.56. The van der Waals surface area contributed by atoms with E-state index < -0.39 is 60.8 Å². The Kier molecular flexibility index (Phi) is 11.5. The lowest BCUT2D eigenvalue weighted by atomic mass is 10.0. The first-order chi connectivity index (χ1) is 15.9. The number of hydrogen-bond donors (Lipinski definition) is 7. The number of amides is 3. The molecule has 1 rings (SSSR count). The predicted molar refractivity (Wildman–Crippen MR) is 121 cm³/mol. The summed E-state index contributed by atoms with van der Waals surface area (Å²) in [7, 11) is 0. The van der Waals surface area contributed by atoms with Gasteiger partial charge >= 0.3 is 11.9 Å². The Labute approximate surface area is 196 Å². The number of phenolic OH excluding ortho intramolecular Hbond substituents is 1. The number of carboxylic acids is 2. The Balaban J connectivity index is 3.06. The molecule has 12 heteroatoms. The molecule has 0 saturated heterocycles. The van der Waals surface area contributed by atoms with Gasteiger partial charge in [-0.2, -0.15) is 0 Å². The van der Waals surface area contributed by atoms with Crippen molar-refractivity contribution in [1.82, 2.24) is 16.0 Å². The van der Waals surface area contributed by atoms with E-state index in [0.717, 1.165) is 0 Å². The van der Waals surface area contributed by atoms with Crippen molar-refractivity contribution in [3.8, 4) is 5.75 Å². The van der Waals surface area contributed by atoms with Crippen LogP contribution in [0.3, 0.4) is 0 Å². The Hall–Kier alpha value is -3.67. The summed E-state index contributed by atoms with van der Waals surface area (Å²) in [4.78, 5) is 60.1. The van der Waals surface area contributed by atoms with Crippen LogP contribution in [0.5, 0.6) is 5.75 Å². The molecule has 0 fully saturated rings.